The van der Waals surface area contributed by atoms with Gasteiger partial charge in [0.1, 0.15) is 6.33 Å². The van der Waals surface area contributed by atoms with Crippen LogP contribution >= 0.6 is 0 Å². The van der Waals surface area contributed by atoms with Crippen molar-refractivity contribution in [1.29, 1.82) is 0 Å². The molecule has 0 saturated carbocycles. The van der Waals surface area contributed by atoms with E-state index in [1.807, 2.05) is 12.4 Å². The molecule has 0 N–H and O–H groups in total. The highest BCUT2D eigenvalue weighted by molar-refractivity contribution is 5.69. The van der Waals surface area contributed by atoms with Gasteiger partial charge in [-0.25, -0.2) is 9.97 Å². The molecule has 25 heavy (non-hydrogen) atoms. The number of rotatable bonds is 3. The lowest BCUT2D eigenvalue weighted by Crippen LogP contribution is -2.24. The van der Waals surface area contributed by atoms with Crippen LogP contribution in [-0.2, 0) is 0 Å². The Kier molecular flexibility index (Phi) is 4.33. The highest BCUT2D eigenvalue weighted by Crippen LogP contribution is 2.35. The molecule has 3 aromatic rings. The van der Waals surface area contributed by atoms with E-state index in [1.165, 1.54) is 29.5 Å². The summed E-state index contributed by atoms with van der Waals surface area (Å²) in [7, 11) is 2.24. The van der Waals surface area contributed by atoms with E-state index in [-0.39, 0.29) is 0 Å². The number of aromatic nitrogens is 2. The predicted molar refractivity (Wildman–Crippen MR) is 102 cm³/mol. The first kappa shape index (κ1) is 16.0. The van der Waals surface area contributed by atoms with Gasteiger partial charge in [0.2, 0.25) is 0 Å². The van der Waals surface area contributed by atoms with Crippen LogP contribution in [0.3, 0.4) is 0 Å². The summed E-state index contributed by atoms with van der Waals surface area (Å²) in [5.74, 6) is 0. The Morgan fingerprint density at radius 1 is 0.760 bits per heavy atom. The quantitative estimate of drug-likeness (QED) is 0.679. The molecule has 2 atom stereocenters. The highest BCUT2D eigenvalue weighted by atomic mass is 15.2. The fourth-order valence-corrected chi connectivity index (χ4v) is 3.72. The summed E-state index contributed by atoms with van der Waals surface area (Å²) in [6.07, 6.45) is 7.78. The van der Waals surface area contributed by atoms with E-state index in [9.17, 15) is 0 Å². The third kappa shape index (κ3) is 3.20. The molecule has 3 heteroatoms. The van der Waals surface area contributed by atoms with Gasteiger partial charge < -0.3 is 0 Å². The lowest BCUT2D eigenvalue weighted by atomic mass is 9.98. The SMILES string of the molecule is CC1CCC(c2ccc(-c3ccc(-c4cncnc4)cc3)cc2)N1C. The molecule has 1 fully saturated rings. The van der Waals surface area contributed by atoms with Gasteiger partial charge in [0, 0.05) is 30.0 Å². The van der Waals surface area contributed by atoms with Crippen LogP contribution in [0.1, 0.15) is 31.4 Å². The average molecular weight is 329 g/mol. The van der Waals surface area contributed by atoms with Gasteiger partial charge in [-0.15, -0.1) is 0 Å². The van der Waals surface area contributed by atoms with Crippen LogP contribution in [0.25, 0.3) is 22.3 Å². The second-order valence-corrected chi connectivity index (χ2v) is 6.93. The zero-order chi connectivity index (χ0) is 17.2. The van der Waals surface area contributed by atoms with Crippen LogP contribution in [0.4, 0.5) is 0 Å². The fourth-order valence-electron chi connectivity index (χ4n) is 3.72. The maximum absolute atomic E-state index is 4.09. The Morgan fingerprint density at radius 3 is 1.80 bits per heavy atom. The van der Waals surface area contributed by atoms with Gasteiger partial charge in [0.15, 0.2) is 0 Å². The van der Waals surface area contributed by atoms with Crippen molar-refractivity contribution in [3.8, 4) is 22.3 Å². The van der Waals surface area contributed by atoms with E-state index in [2.05, 4.69) is 77.4 Å². The molecule has 1 aliphatic rings. The summed E-state index contributed by atoms with van der Waals surface area (Å²) in [4.78, 5) is 10.7. The second kappa shape index (κ2) is 6.77. The average Bonchev–Trinajstić information content (AvgIpc) is 3.02. The summed E-state index contributed by atoms with van der Waals surface area (Å²) >= 11 is 0. The van der Waals surface area contributed by atoms with Gasteiger partial charge >= 0.3 is 0 Å². The Labute approximate surface area is 149 Å². The summed E-state index contributed by atoms with van der Waals surface area (Å²) in [5.41, 5.74) is 6.10. The van der Waals surface area contributed by atoms with Crippen molar-refractivity contribution in [2.45, 2.75) is 31.8 Å². The van der Waals surface area contributed by atoms with Crippen LogP contribution in [0, 0.1) is 0 Å². The van der Waals surface area contributed by atoms with Crippen molar-refractivity contribution in [2.24, 2.45) is 0 Å². The van der Waals surface area contributed by atoms with E-state index in [0.717, 1.165) is 11.1 Å². The molecule has 0 aliphatic carbocycles. The molecule has 1 saturated heterocycles. The Hall–Kier alpha value is -2.52. The smallest absolute Gasteiger partial charge is 0.115 e. The van der Waals surface area contributed by atoms with E-state index in [4.69, 9.17) is 0 Å². The maximum atomic E-state index is 4.09. The lowest BCUT2D eigenvalue weighted by Gasteiger charge is -2.23. The van der Waals surface area contributed by atoms with Crippen molar-refractivity contribution in [1.82, 2.24) is 14.9 Å². The molecule has 0 radical (unpaired) electrons. The molecule has 0 spiro atoms. The van der Waals surface area contributed by atoms with Gasteiger partial charge in [-0.05, 0) is 49.1 Å². The Morgan fingerprint density at radius 2 is 1.28 bits per heavy atom. The largest absolute Gasteiger partial charge is 0.297 e. The van der Waals surface area contributed by atoms with E-state index in [1.54, 1.807) is 6.33 Å². The molecule has 0 bridgehead atoms. The third-order valence-electron chi connectivity index (χ3n) is 5.45. The van der Waals surface area contributed by atoms with E-state index < -0.39 is 0 Å². The minimum absolute atomic E-state index is 0.560. The molecule has 3 nitrogen and oxygen atoms in total. The second-order valence-electron chi connectivity index (χ2n) is 6.93. The summed E-state index contributed by atoms with van der Waals surface area (Å²) in [6, 6.07) is 18.9. The normalized spacial score (nSPS) is 20.7. The summed E-state index contributed by atoms with van der Waals surface area (Å²) in [6.45, 7) is 2.31. The number of likely N-dealkylation sites (tertiary alicyclic amines) is 1. The molecule has 126 valence electrons. The van der Waals surface area contributed by atoms with E-state index >= 15 is 0 Å². The number of benzene rings is 2. The molecule has 2 unspecified atom stereocenters. The zero-order valence-corrected chi connectivity index (χ0v) is 14.8. The van der Waals surface area contributed by atoms with Crippen LogP contribution < -0.4 is 0 Å². The van der Waals surface area contributed by atoms with Crippen molar-refractivity contribution in [3.05, 3.63) is 72.8 Å². The molecule has 0 amide bonds. The first-order valence-electron chi connectivity index (χ1n) is 8.90. The summed E-state index contributed by atoms with van der Waals surface area (Å²) < 4.78 is 0. The first-order valence-corrected chi connectivity index (χ1v) is 8.90. The number of hydrogen-bond acceptors (Lipinski definition) is 3. The molecule has 4 rings (SSSR count). The van der Waals surface area contributed by atoms with Gasteiger partial charge in [-0.1, -0.05) is 48.5 Å². The van der Waals surface area contributed by atoms with E-state index in [0.29, 0.717) is 12.1 Å². The van der Waals surface area contributed by atoms with Crippen LogP contribution in [0.2, 0.25) is 0 Å². The molecular weight excluding hydrogens is 306 g/mol. The van der Waals surface area contributed by atoms with Gasteiger partial charge in [0.05, 0.1) is 0 Å². The van der Waals surface area contributed by atoms with Gasteiger partial charge in [-0.3, -0.25) is 4.90 Å². The first-order chi connectivity index (χ1) is 12.2. The number of hydrogen-bond donors (Lipinski definition) is 0. The minimum atomic E-state index is 0.560. The lowest BCUT2D eigenvalue weighted by molar-refractivity contribution is 0.256. The Bertz CT molecular complexity index is 825. The van der Waals surface area contributed by atoms with Crippen molar-refractivity contribution >= 4 is 0 Å². The van der Waals surface area contributed by atoms with Crippen LogP contribution in [-0.4, -0.2) is 28.0 Å². The monoisotopic (exact) mass is 329 g/mol. The highest BCUT2D eigenvalue weighted by Gasteiger charge is 2.28. The molecule has 2 heterocycles. The molecular formula is C22H23N3. The van der Waals surface area contributed by atoms with Gasteiger partial charge in [0.25, 0.3) is 0 Å². The van der Waals surface area contributed by atoms with Gasteiger partial charge in [-0.2, -0.15) is 0 Å². The predicted octanol–water partition coefficient (Wildman–Crippen LogP) is 4.97. The molecule has 1 aromatic heterocycles. The van der Waals surface area contributed by atoms with Crippen LogP contribution in [0.5, 0.6) is 0 Å². The van der Waals surface area contributed by atoms with Crippen molar-refractivity contribution < 1.29 is 0 Å². The van der Waals surface area contributed by atoms with Crippen molar-refractivity contribution in [3.63, 3.8) is 0 Å². The third-order valence-corrected chi connectivity index (χ3v) is 5.45. The zero-order valence-electron chi connectivity index (χ0n) is 14.8. The topological polar surface area (TPSA) is 29.0 Å². The molecule has 2 aromatic carbocycles. The number of nitrogens with zero attached hydrogens (tertiary/aromatic N) is 3. The van der Waals surface area contributed by atoms with Crippen molar-refractivity contribution in [2.75, 3.05) is 7.05 Å². The maximum Gasteiger partial charge on any atom is 0.115 e. The fraction of sp³-hybridized carbons (Fsp3) is 0.273. The molecule has 1 aliphatic heterocycles. The standard InChI is InChI=1S/C22H23N3/c1-16-3-12-22(25(16)2)20-10-8-18(9-11-20)17-4-6-19(7-5-17)21-13-23-15-24-14-21/h4-11,13-16,22H,3,12H2,1-2H3. The van der Waals surface area contributed by atoms with Crippen LogP contribution in [0.15, 0.2) is 67.3 Å². The Balaban J connectivity index is 1.54. The minimum Gasteiger partial charge on any atom is -0.297 e. The summed E-state index contributed by atoms with van der Waals surface area (Å²) in [5, 5.41) is 0.